The molecule has 1 saturated heterocycles. The largest absolute Gasteiger partial charge is 0.312 e. The van der Waals surface area contributed by atoms with E-state index >= 15 is 0 Å². The topological polar surface area (TPSA) is 15.3 Å². The van der Waals surface area contributed by atoms with E-state index in [2.05, 4.69) is 45.3 Å². The smallest absolute Gasteiger partial charge is 0.0548 e. The molecular weight excluding hydrogens is 312 g/mol. The van der Waals surface area contributed by atoms with Crippen LogP contribution in [0.1, 0.15) is 18.4 Å². The summed E-state index contributed by atoms with van der Waals surface area (Å²) in [5.74, 6) is 0.791. The van der Waals surface area contributed by atoms with Crippen molar-refractivity contribution in [2.75, 3.05) is 26.7 Å². The Morgan fingerprint density at radius 2 is 2.33 bits per heavy atom. The fraction of sp³-hybridized carbons (Fsp3) is 0.571. The number of nitrogens with one attached hydrogen (secondary N) is 1. The highest BCUT2D eigenvalue weighted by molar-refractivity contribution is 9.10. The molecule has 1 aromatic carbocycles. The molecule has 1 aliphatic heterocycles. The molecule has 4 heteroatoms. The summed E-state index contributed by atoms with van der Waals surface area (Å²) in [5.41, 5.74) is 1.27. The molecule has 0 bridgehead atoms. The van der Waals surface area contributed by atoms with Gasteiger partial charge in [0.05, 0.1) is 5.02 Å². The van der Waals surface area contributed by atoms with Crippen LogP contribution in [0.2, 0.25) is 5.02 Å². The van der Waals surface area contributed by atoms with Gasteiger partial charge in [0.2, 0.25) is 0 Å². The van der Waals surface area contributed by atoms with E-state index in [1.54, 1.807) is 0 Å². The Bertz CT molecular complexity index is 397. The minimum atomic E-state index is 0.771. The fourth-order valence-electron chi connectivity index (χ4n) is 2.51. The van der Waals surface area contributed by atoms with Crippen molar-refractivity contribution in [1.82, 2.24) is 10.2 Å². The van der Waals surface area contributed by atoms with Gasteiger partial charge >= 0.3 is 0 Å². The highest BCUT2D eigenvalue weighted by Gasteiger charge is 2.16. The summed E-state index contributed by atoms with van der Waals surface area (Å²) in [4.78, 5) is 2.43. The van der Waals surface area contributed by atoms with E-state index in [1.807, 2.05) is 6.07 Å². The second kappa shape index (κ2) is 6.90. The molecule has 0 saturated carbocycles. The molecule has 1 fully saturated rings. The third kappa shape index (κ3) is 4.23. The minimum Gasteiger partial charge on any atom is -0.312 e. The Labute approximate surface area is 123 Å². The van der Waals surface area contributed by atoms with Crippen LogP contribution in [0.25, 0.3) is 0 Å². The summed E-state index contributed by atoms with van der Waals surface area (Å²) in [6.07, 6.45) is 2.68. The Morgan fingerprint density at radius 3 is 3.06 bits per heavy atom. The van der Waals surface area contributed by atoms with E-state index in [9.17, 15) is 0 Å². The monoisotopic (exact) mass is 330 g/mol. The van der Waals surface area contributed by atoms with Crippen LogP contribution in [0.15, 0.2) is 22.7 Å². The van der Waals surface area contributed by atoms with E-state index in [0.29, 0.717) is 0 Å². The standard InChI is InChI=1S/C14H20BrClN2/c1-18-6-2-3-12(10-18)9-17-8-11-4-5-14(16)13(15)7-11/h4-5,7,12,17H,2-3,6,8-10H2,1H3. The number of hydrogen-bond donors (Lipinski definition) is 1. The summed E-state index contributed by atoms with van der Waals surface area (Å²) in [6, 6.07) is 6.10. The Morgan fingerprint density at radius 1 is 1.50 bits per heavy atom. The summed E-state index contributed by atoms with van der Waals surface area (Å²) in [7, 11) is 2.21. The van der Waals surface area contributed by atoms with Crippen LogP contribution in [-0.2, 0) is 6.54 Å². The number of rotatable bonds is 4. The van der Waals surface area contributed by atoms with Crippen LogP contribution in [-0.4, -0.2) is 31.6 Å². The van der Waals surface area contributed by atoms with Crippen LogP contribution in [0.4, 0.5) is 0 Å². The third-order valence-electron chi connectivity index (χ3n) is 3.47. The summed E-state index contributed by atoms with van der Waals surface area (Å²) < 4.78 is 0.973. The van der Waals surface area contributed by atoms with Gasteiger partial charge in [0.25, 0.3) is 0 Å². The highest BCUT2D eigenvalue weighted by Crippen LogP contribution is 2.23. The summed E-state index contributed by atoms with van der Waals surface area (Å²) in [6.45, 7) is 4.48. The average molecular weight is 332 g/mol. The minimum absolute atomic E-state index is 0.771. The summed E-state index contributed by atoms with van der Waals surface area (Å²) >= 11 is 9.44. The first kappa shape index (κ1) is 14.3. The molecule has 0 aromatic heterocycles. The SMILES string of the molecule is CN1CCCC(CNCc2ccc(Cl)c(Br)c2)C1. The molecule has 0 radical (unpaired) electrons. The van der Waals surface area contributed by atoms with Gasteiger partial charge in [0.15, 0.2) is 0 Å². The van der Waals surface area contributed by atoms with Gasteiger partial charge < -0.3 is 10.2 Å². The van der Waals surface area contributed by atoms with Gasteiger partial charge in [-0.15, -0.1) is 0 Å². The Kier molecular flexibility index (Phi) is 5.49. The van der Waals surface area contributed by atoms with Gasteiger partial charge in [-0.2, -0.15) is 0 Å². The Hall–Kier alpha value is -0.0900. The molecule has 2 rings (SSSR count). The van der Waals surface area contributed by atoms with Gasteiger partial charge in [-0.05, 0) is 72.5 Å². The normalized spacial score (nSPS) is 21.2. The van der Waals surface area contributed by atoms with Gasteiger partial charge in [0.1, 0.15) is 0 Å². The molecule has 1 aromatic rings. The van der Waals surface area contributed by atoms with Crippen LogP contribution in [0.3, 0.4) is 0 Å². The van der Waals surface area contributed by atoms with Gasteiger partial charge in [0, 0.05) is 17.6 Å². The second-order valence-corrected chi connectivity index (χ2v) is 6.41. The molecule has 1 unspecified atom stereocenters. The maximum absolute atomic E-state index is 5.98. The van der Waals surface area contributed by atoms with Crippen molar-refractivity contribution in [2.45, 2.75) is 19.4 Å². The lowest BCUT2D eigenvalue weighted by atomic mass is 9.98. The van der Waals surface area contributed by atoms with E-state index in [1.165, 1.54) is 31.5 Å². The van der Waals surface area contributed by atoms with E-state index in [4.69, 9.17) is 11.6 Å². The van der Waals surface area contributed by atoms with Crippen LogP contribution in [0.5, 0.6) is 0 Å². The maximum Gasteiger partial charge on any atom is 0.0548 e. The van der Waals surface area contributed by atoms with Gasteiger partial charge in [-0.3, -0.25) is 0 Å². The molecule has 18 heavy (non-hydrogen) atoms. The third-order valence-corrected chi connectivity index (χ3v) is 4.68. The lowest BCUT2D eigenvalue weighted by Crippen LogP contribution is -2.37. The first-order valence-corrected chi connectivity index (χ1v) is 7.65. The molecular formula is C14H20BrClN2. The quantitative estimate of drug-likeness (QED) is 0.908. The predicted octanol–water partition coefficient (Wildman–Crippen LogP) is 3.53. The zero-order valence-electron chi connectivity index (χ0n) is 10.8. The zero-order chi connectivity index (χ0) is 13.0. The van der Waals surface area contributed by atoms with Crippen LogP contribution < -0.4 is 5.32 Å². The molecule has 2 nitrogen and oxygen atoms in total. The predicted molar refractivity (Wildman–Crippen MR) is 81.1 cm³/mol. The lowest BCUT2D eigenvalue weighted by molar-refractivity contribution is 0.206. The van der Waals surface area contributed by atoms with Gasteiger partial charge in [-0.1, -0.05) is 17.7 Å². The number of halogens is 2. The summed E-state index contributed by atoms with van der Waals surface area (Å²) in [5, 5.41) is 4.32. The molecule has 0 aliphatic carbocycles. The van der Waals surface area contributed by atoms with Crippen molar-refractivity contribution in [3.8, 4) is 0 Å². The fourth-order valence-corrected chi connectivity index (χ4v) is 3.05. The van der Waals surface area contributed by atoms with E-state index in [0.717, 1.165) is 28.5 Å². The van der Waals surface area contributed by atoms with E-state index in [-0.39, 0.29) is 0 Å². The molecule has 0 spiro atoms. The van der Waals surface area contributed by atoms with Crippen LogP contribution in [0, 0.1) is 5.92 Å². The lowest BCUT2D eigenvalue weighted by Gasteiger charge is -2.29. The number of benzene rings is 1. The number of piperidine rings is 1. The van der Waals surface area contributed by atoms with Crippen molar-refractivity contribution >= 4 is 27.5 Å². The first-order chi connectivity index (χ1) is 8.65. The maximum atomic E-state index is 5.98. The molecule has 1 N–H and O–H groups in total. The number of hydrogen-bond acceptors (Lipinski definition) is 2. The molecule has 0 amide bonds. The second-order valence-electron chi connectivity index (χ2n) is 5.15. The number of likely N-dealkylation sites (tertiary alicyclic amines) is 1. The molecule has 1 aliphatic rings. The van der Waals surface area contributed by atoms with Gasteiger partial charge in [-0.25, -0.2) is 0 Å². The first-order valence-electron chi connectivity index (χ1n) is 6.48. The zero-order valence-corrected chi connectivity index (χ0v) is 13.1. The molecule has 100 valence electrons. The average Bonchev–Trinajstić information content (AvgIpc) is 2.34. The highest BCUT2D eigenvalue weighted by atomic mass is 79.9. The van der Waals surface area contributed by atoms with Crippen molar-refractivity contribution in [3.63, 3.8) is 0 Å². The number of nitrogens with zero attached hydrogens (tertiary/aromatic N) is 1. The van der Waals surface area contributed by atoms with E-state index < -0.39 is 0 Å². The molecule has 1 heterocycles. The van der Waals surface area contributed by atoms with Crippen molar-refractivity contribution in [2.24, 2.45) is 5.92 Å². The van der Waals surface area contributed by atoms with Crippen LogP contribution >= 0.6 is 27.5 Å². The van der Waals surface area contributed by atoms with Crippen molar-refractivity contribution < 1.29 is 0 Å². The van der Waals surface area contributed by atoms with Crippen molar-refractivity contribution in [3.05, 3.63) is 33.3 Å². The Balaban J connectivity index is 1.76. The molecule has 1 atom stereocenters. The van der Waals surface area contributed by atoms with Crippen molar-refractivity contribution in [1.29, 1.82) is 0 Å².